The fourth-order valence-corrected chi connectivity index (χ4v) is 4.66. The minimum absolute atomic E-state index is 0.0906. The largest absolute Gasteiger partial charge is 0.462 e. The first-order valence-corrected chi connectivity index (χ1v) is 11.0. The van der Waals surface area contributed by atoms with E-state index in [9.17, 15) is 14.4 Å². The molecule has 1 amide bonds. The van der Waals surface area contributed by atoms with Gasteiger partial charge in [0.25, 0.3) is 5.91 Å². The lowest BCUT2D eigenvalue weighted by Crippen LogP contribution is -2.21. The zero-order valence-corrected chi connectivity index (χ0v) is 18.0. The van der Waals surface area contributed by atoms with Crippen LogP contribution in [0.1, 0.15) is 27.6 Å². The van der Waals surface area contributed by atoms with Crippen LogP contribution in [0.3, 0.4) is 0 Å². The molecule has 0 spiro atoms. The number of fused-ring (bicyclic) bond motifs is 1. The molecule has 0 atom stereocenters. The molecule has 31 heavy (non-hydrogen) atoms. The highest BCUT2D eigenvalue weighted by Gasteiger charge is 2.24. The fourth-order valence-electron chi connectivity index (χ4n) is 2.87. The summed E-state index contributed by atoms with van der Waals surface area (Å²) >= 11 is 2.68. The van der Waals surface area contributed by atoms with Crippen molar-refractivity contribution in [3.05, 3.63) is 52.2 Å². The van der Waals surface area contributed by atoms with Crippen LogP contribution >= 0.6 is 22.7 Å². The standard InChI is InChI=1S/C21H17NO7S2/c1-2-26-21(25)18-13(16-4-3-7-30-16)10-31-19(18)22-17(23)9-27-20(24)12-5-6-14-15(8-12)29-11-28-14/h3-8,10H,2,9,11H2,1H3,(H,22,23). The first kappa shape index (κ1) is 20.9. The van der Waals surface area contributed by atoms with Gasteiger partial charge in [-0.05, 0) is 36.6 Å². The van der Waals surface area contributed by atoms with Crippen LogP contribution in [-0.2, 0) is 14.3 Å². The Labute approximate surface area is 185 Å². The molecule has 10 heteroatoms. The normalized spacial score (nSPS) is 11.8. The van der Waals surface area contributed by atoms with Gasteiger partial charge in [-0.25, -0.2) is 9.59 Å². The monoisotopic (exact) mass is 459 g/mol. The minimum Gasteiger partial charge on any atom is -0.462 e. The summed E-state index contributed by atoms with van der Waals surface area (Å²) in [6.45, 7) is 1.50. The molecule has 3 heterocycles. The Balaban J connectivity index is 1.43. The van der Waals surface area contributed by atoms with Crippen LogP contribution in [0, 0.1) is 0 Å². The van der Waals surface area contributed by atoms with Gasteiger partial charge >= 0.3 is 11.9 Å². The first-order valence-electron chi connectivity index (χ1n) is 9.26. The Morgan fingerprint density at radius 1 is 1.06 bits per heavy atom. The molecule has 4 rings (SSSR count). The summed E-state index contributed by atoms with van der Waals surface area (Å²) in [6, 6.07) is 8.38. The molecule has 0 fully saturated rings. The Kier molecular flexibility index (Phi) is 6.19. The van der Waals surface area contributed by atoms with E-state index >= 15 is 0 Å². The van der Waals surface area contributed by atoms with Crippen molar-refractivity contribution >= 4 is 45.5 Å². The summed E-state index contributed by atoms with van der Waals surface area (Å²) in [7, 11) is 0. The van der Waals surface area contributed by atoms with Crippen LogP contribution in [0.25, 0.3) is 10.4 Å². The molecule has 160 valence electrons. The van der Waals surface area contributed by atoms with Crippen LogP contribution in [-0.4, -0.2) is 37.9 Å². The molecule has 0 unspecified atom stereocenters. The minimum atomic E-state index is -0.676. The van der Waals surface area contributed by atoms with E-state index in [0.29, 0.717) is 22.1 Å². The molecule has 0 radical (unpaired) electrons. The van der Waals surface area contributed by atoms with Gasteiger partial charge in [0.1, 0.15) is 10.6 Å². The lowest BCUT2D eigenvalue weighted by Gasteiger charge is -2.09. The number of rotatable bonds is 7. The summed E-state index contributed by atoms with van der Waals surface area (Å²) in [5.74, 6) is -0.791. The van der Waals surface area contributed by atoms with Gasteiger partial charge < -0.3 is 24.3 Å². The number of nitrogens with one attached hydrogen (secondary N) is 1. The summed E-state index contributed by atoms with van der Waals surface area (Å²) in [5, 5.41) is 6.66. The lowest BCUT2D eigenvalue weighted by atomic mass is 10.1. The van der Waals surface area contributed by atoms with Crippen molar-refractivity contribution in [1.82, 2.24) is 0 Å². The molecule has 2 aromatic heterocycles. The molecular weight excluding hydrogens is 442 g/mol. The van der Waals surface area contributed by atoms with Crippen molar-refractivity contribution in [2.45, 2.75) is 6.92 Å². The molecule has 1 aromatic carbocycles. The van der Waals surface area contributed by atoms with Gasteiger partial charge in [0.15, 0.2) is 18.1 Å². The van der Waals surface area contributed by atoms with Crippen molar-refractivity contribution in [2.75, 3.05) is 25.3 Å². The van der Waals surface area contributed by atoms with Crippen LogP contribution < -0.4 is 14.8 Å². The summed E-state index contributed by atoms with van der Waals surface area (Å²) in [6.07, 6.45) is 0. The van der Waals surface area contributed by atoms with E-state index in [1.165, 1.54) is 34.8 Å². The average Bonchev–Trinajstić information content (AvgIpc) is 3.51. The molecule has 1 N–H and O–H groups in total. The zero-order valence-electron chi connectivity index (χ0n) is 16.3. The van der Waals surface area contributed by atoms with E-state index in [2.05, 4.69) is 5.32 Å². The number of ether oxygens (including phenoxy) is 4. The SMILES string of the molecule is CCOC(=O)c1c(-c2cccs2)csc1NC(=O)COC(=O)c1ccc2c(c1)OCO2. The van der Waals surface area contributed by atoms with Crippen molar-refractivity contribution < 1.29 is 33.3 Å². The van der Waals surface area contributed by atoms with E-state index in [4.69, 9.17) is 18.9 Å². The highest BCUT2D eigenvalue weighted by molar-refractivity contribution is 7.17. The molecule has 1 aliphatic rings. The van der Waals surface area contributed by atoms with Crippen molar-refractivity contribution in [2.24, 2.45) is 0 Å². The third-order valence-corrected chi connectivity index (χ3v) is 6.05. The van der Waals surface area contributed by atoms with Gasteiger partial charge in [-0.3, -0.25) is 4.79 Å². The molecule has 0 bridgehead atoms. The molecule has 0 saturated heterocycles. The topological polar surface area (TPSA) is 100 Å². The summed E-state index contributed by atoms with van der Waals surface area (Å²) in [5.41, 5.74) is 1.20. The van der Waals surface area contributed by atoms with Crippen LogP contribution in [0.15, 0.2) is 41.1 Å². The highest BCUT2D eigenvalue weighted by Crippen LogP contribution is 2.38. The van der Waals surface area contributed by atoms with E-state index in [-0.39, 0.29) is 24.5 Å². The lowest BCUT2D eigenvalue weighted by molar-refractivity contribution is -0.119. The fraction of sp³-hybridized carbons (Fsp3) is 0.190. The Bertz CT molecular complexity index is 1120. The molecule has 8 nitrogen and oxygen atoms in total. The number of hydrogen-bond donors (Lipinski definition) is 1. The summed E-state index contributed by atoms with van der Waals surface area (Å²) in [4.78, 5) is 38.0. The number of amides is 1. The van der Waals surface area contributed by atoms with E-state index in [1.807, 2.05) is 17.5 Å². The zero-order chi connectivity index (χ0) is 21.8. The van der Waals surface area contributed by atoms with Gasteiger partial charge in [0, 0.05) is 15.8 Å². The van der Waals surface area contributed by atoms with Gasteiger partial charge in [0.05, 0.1) is 12.2 Å². The molecule has 0 saturated carbocycles. The second-order valence-corrected chi connectivity index (χ2v) is 8.07. The predicted octanol–water partition coefficient (Wildman–Crippen LogP) is 4.18. The maximum Gasteiger partial charge on any atom is 0.341 e. The second kappa shape index (κ2) is 9.19. The Morgan fingerprint density at radius 3 is 2.68 bits per heavy atom. The first-order chi connectivity index (χ1) is 15.1. The number of carbonyl (C=O) groups excluding carboxylic acids is 3. The Hall–Kier alpha value is -3.37. The molecule has 3 aromatic rings. The van der Waals surface area contributed by atoms with E-state index in [1.54, 1.807) is 18.4 Å². The van der Waals surface area contributed by atoms with Crippen molar-refractivity contribution in [1.29, 1.82) is 0 Å². The maximum atomic E-state index is 12.5. The molecule has 1 aliphatic heterocycles. The third-order valence-electron chi connectivity index (χ3n) is 4.25. The molecule has 0 aliphatic carbocycles. The van der Waals surface area contributed by atoms with Gasteiger partial charge in [-0.1, -0.05) is 6.07 Å². The quantitative estimate of drug-likeness (QED) is 0.529. The van der Waals surface area contributed by atoms with Crippen LogP contribution in [0.5, 0.6) is 11.5 Å². The number of esters is 2. The smallest absolute Gasteiger partial charge is 0.341 e. The Morgan fingerprint density at radius 2 is 1.90 bits per heavy atom. The van der Waals surface area contributed by atoms with Crippen LogP contribution in [0.4, 0.5) is 5.00 Å². The number of anilines is 1. The number of carbonyl (C=O) groups is 3. The maximum absolute atomic E-state index is 12.5. The van der Waals surface area contributed by atoms with Crippen molar-refractivity contribution in [3.8, 4) is 21.9 Å². The van der Waals surface area contributed by atoms with E-state index < -0.39 is 24.5 Å². The number of thiophene rings is 2. The van der Waals surface area contributed by atoms with Gasteiger partial charge in [-0.2, -0.15) is 0 Å². The summed E-state index contributed by atoms with van der Waals surface area (Å²) < 4.78 is 20.7. The van der Waals surface area contributed by atoms with Crippen LogP contribution in [0.2, 0.25) is 0 Å². The number of hydrogen-bond acceptors (Lipinski definition) is 9. The van der Waals surface area contributed by atoms with Gasteiger partial charge in [-0.15, -0.1) is 22.7 Å². The molecular formula is C21H17NO7S2. The van der Waals surface area contributed by atoms with E-state index in [0.717, 1.165) is 4.88 Å². The predicted molar refractivity (Wildman–Crippen MR) is 115 cm³/mol. The highest BCUT2D eigenvalue weighted by atomic mass is 32.1. The second-order valence-electron chi connectivity index (χ2n) is 6.24. The average molecular weight is 460 g/mol. The number of benzene rings is 1. The van der Waals surface area contributed by atoms with Gasteiger partial charge in [0.2, 0.25) is 6.79 Å². The third kappa shape index (κ3) is 4.54. The van der Waals surface area contributed by atoms with Crippen molar-refractivity contribution in [3.63, 3.8) is 0 Å².